The molecule has 0 spiro atoms. The van der Waals surface area contributed by atoms with Crippen LogP contribution in [0.5, 0.6) is 0 Å². The SMILES string of the molecule is CCNC(=NCc1nnc2ccccn12)NCC1(C)COC1. The van der Waals surface area contributed by atoms with Crippen LogP contribution >= 0.6 is 0 Å². The van der Waals surface area contributed by atoms with Crippen molar-refractivity contribution in [3.8, 4) is 0 Å². The minimum atomic E-state index is 0.206. The first-order chi connectivity index (χ1) is 10.7. The van der Waals surface area contributed by atoms with Crippen molar-refractivity contribution in [2.45, 2.75) is 20.4 Å². The molecule has 3 heterocycles. The summed E-state index contributed by atoms with van der Waals surface area (Å²) in [6.45, 7) is 8.01. The third kappa shape index (κ3) is 3.19. The third-order valence-electron chi connectivity index (χ3n) is 3.69. The fourth-order valence-electron chi connectivity index (χ4n) is 2.34. The van der Waals surface area contributed by atoms with Gasteiger partial charge in [0.25, 0.3) is 0 Å². The summed E-state index contributed by atoms with van der Waals surface area (Å²) in [4.78, 5) is 4.60. The second kappa shape index (κ2) is 6.31. The van der Waals surface area contributed by atoms with Crippen LogP contribution in [-0.2, 0) is 11.3 Å². The Kier molecular flexibility index (Phi) is 4.24. The smallest absolute Gasteiger partial charge is 0.191 e. The molecule has 118 valence electrons. The Balaban J connectivity index is 1.66. The molecule has 1 saturated heterocycles. The molecule has 0 unspecified atom stereocenters. The predicted octanol–water partition coefficient (Wildman–Crippen LogP) is 0.821. The van der Waals surface area contributed by atoms with Crippen molar-refractivity contribution in [2.75, 3.05) is 26.3 Å². The number of rotatable bonds is 5. The molecule has 2 N–H and O–H groups in total. The highest BCUT2D eigenvalue weighted by atomic mass is 16.5. The van der Waals surface area contributed by atoms with E-state index in [0.29, 0.717) is 6.54 Å². The standard InChI is InChI=1S/C15H22N6O/c1-3-16-14(18-9-15(2)10-22-11-15)17-8-13-20-19-12-6-4-5-7-21(12)13/h4-7H,3,8-11H2,1-2H3,(H2,16,17,18). The third-order valence-corrected chi connectivity index (χ3v) is 3.69. The van der Waals surface area contributed by atoms with Gasteiger partial charge in [-0.3, -0.25) is 4.40 Å². The summed E-state index contributed by atoms with van der Waals surface area (Å²) in [5, 5.41) is 15.0. The molecule has 3 rings (SSSR count). The van der Waals surface area contributed by atoms with Crippen LogP contribution in [0.2, 0.25) is 0 Å². The van der Waals surface area contributed by atoms with E-state index < -0.39 is 0 Å². The highest BCUT2D eigenvalue weighted by Crippen LogP contribution is 2.24. The number of nitrogens with zero attached hydrogens (tertiary/aromatic N) is 4. The molecule has 0 bridgehead atoms. The lowest BCUT2D eigenvalue weighted by Crippen LogP contribution is -2.51. The van der Waals surface area contributed by atoms with Crippen molar-refractivity contribution in [3.05, 3.63) is 30.2 Å². The summed E-state index contributed by atoms with van der Waals surface area (Å²) >= 11 is 0. The topological polar surface area (TPSA) is 75.8 Å². The van der Waals surface area contributed by atoms with Crippen molar-refractivity contribution >= 4 is 11.6 Å². The van der Waals surface area contributed by atoms with Crippen LogP contribution < -0.4 is 10.6 Å². The number of pyridine rings is 1. The lowest BCUT2D eigenvalue weighted by Gasteiger charge is -2.38. The van der Waals surface area contributed by atoms with Crippen molar-refractivity contribution in [2.24, 2.45) is 10.4 Å². The van der Waals surface area contributed by atoms with E-state index in [1.165, 1.54) is 0 Å². The summed E-state index contributed by atoms with van der Waals surface area (Å²) in [6.07, 6.45) is 1.95. The van der Waals surface area contributed by atoms with E-state index in [0.717, 1.165) is 43.7 Å². The van der Waals surface area contributed by atoms with Gasteiger partial charge in [-0.15, -0.1) is 10.2 Å². The number of hydrogen-bond acceptors (Lipinski definition) is 4. The van der Waals surface area contributed by atoms with Crippen LogP contribution in [0.25, 0.3) is 5.65 Å². The normalized spacial score (nSPS) is 17.3. The molecule has 22 heavy (non-hydrogen) atoms. The zero-order valence-corrected chi connectivity index (χ0v) is 13.0. The maximum absolute atomic E-state index is 5.28. The second-order valence-corrected chi connectivity index (χ2v) is 5.90. The molecule has 1 aliphatic heterocycles. The van der Waals surface area contributed by atoms with Gasteiger partial charge in [0.15, 0.2) is 17.4 Å². The number of aromatic nitrogens is 3. The number of hydrogen-bond donors (Lipinski definition) is 2. The van der Waals surface area contributed by atoms with Gasteiger partial charge in [-0.2, -0.15) is 0 Å². The minimum Gasteiger partial charge on any atom is -0.380 e. The molecule has 2 aromatic rings. The fraction of sp³-hybridized carbons (Fsp3) is 0.533. The highest BCUT2D eigenvalue weighted by Gasteiger charge is 2.33. The molecule has 0 aliphatic carbocycles. The molecule has 0 atom stereocenters. The molecule has 0 radical (unpaired) electrons. The van der Waals surface area contributed by atoms with Gasteiger partial charge in [-0.05, 0) is 19.1 Å². The van der Waals surface area contributed by atoms with Gasteiger partial charge < -0.3 is 15.4 Å². The van der Waals surface area contributed by atoms with Gasteiger partial charge in [-0.1, -0.05) is 13.0 Å². The summed E-state index contributed by atoms with van der Waals surface area (Å²) in [5.41, 5.74) is 1.04. The minimum absolute atomic E-state index is 0.206. The number of guanidine groups is 1. The zero-order chi connectivity index (χ0) is 15.4. The summed E-state index contributed by atoms with van der Waals surface area (Å²) < 4.78 is 7.23. The van der Waals surface area contributed by atoms with E-state index >= 15 is 0 Å². The Labute approximate surface area is 129 Å². The number of aliphatic imine (C=N–C) groups is 1. The maximum Gasteiger partial charge on any atom is 0.191 e. The molecule has 0 aromatic carbocycles. The second-order valence-electron chi connectivity index (χ2n) is 5.90. The van der Waals surface area contributed by atoms with E-state index in [9.17, 15) is 0 Å². The van der Waals surface area contributed by atoms with Gasteiger partial charge in [0.1, 0.15) is 6.54 Å². The molecule has 0 saturated carbocycles. The van der Waals surface area contributed by atoms with E-state index in [1.54, 1.807) is 0 Å². The Morgan fingerprint density at radius 1 is 1.36 bits per heavy atom. The predicted molar refractivity (Wildman–Crippen MR) is 84.7 cm³/mol. The molecular weight excluding hydrogens is 280 g/mol. The molecular formula is C15H22N6O. The molecule has 7 nitrogen and oxygen atoms in total. The summed E-state index contributed by atoms with van der Waals surface area (Å²) in [6, 6.07) is 5.84. The first-order valence-corrected chi connectivity index (χ1v) is 7.59. The average Bonchev–Trinajstić information content (AvgIpc) is 2.91. The zero-order valence-electron chi connectivity index (χ0n) is 13.0. The lowest BCUT2D eigenvalue weighted by atomic mass is 9.89. The van der Waals surface area contributed by atoms with Crippen molar-refractivity contribution in [1.29, 1.82) is 0 Å². The molecule has 2 aromatic heterocycles. The van der Waals surface area contributed by atoms with Crippen LogP contribution in [-0.4, -0.2) is 46.9 Å². The van der Waals surface area contributed by atoms with Crippen LogP contribution in [0.15, 0.2) is 29.4 Å². The van der Waals surface area contributed by atoms with Gasteiger partial charge >= 0.3 is 0 Å². The van der Waals surface area contributed by atoms with Crippen molar-refractivity contribution < 1.29 is 4.74 Å². The number of fused-ring (bicyclic) bond motifs is 1. The van der Waals surface area contributed by atoms with E-state index in [-0.39, 0.29) is 5.41 Å². The van der Waals surface area contributed by atoms with Crippen molar-refractivity contribution in [3.63, 3.8) is 0 Å². The van der Waals surface area contributed by atoms with Gasteiger partial charge in [0.05, 0.1) is 13.2 Å². The molecule has 1 fully saturated rings. The molecule has 1 aliphatic rings. The van der Waals surface area contributed by atoms with Gasteiger partial charge in [-0.25, -0.2) is 4.99 Å². The lowest BCUT2D eigenvalue weighted by molar-refractivity contribution is -0.0971. The average molecular weight is 302 g/mol. The number of ether oxygens (including phenoxy) is 1. The highest BCUT2D eigenvalue weighted by molar-refractivity contribution is 5.79. The van der Waals surface area contributed by atoms with Crippen LogP contribution in [0, 0.1) is 5.41 Å². The van der Waals surface area contributed by atoms with E-state index in [1.807, 2.05) is 28.8 Å². The monoisotopic (exact) mass is 302 g/mol. The summed E-state index contributed by atoms with van der Waals surface area (Å²) in [5.74, 6) is 1.62. The fourth-order valence-corrected chi connectivity index (χ4v) is 2.34. The molecule has 7 heteroatoms. The molecule has 0 amide bonds. The van der Waals surface area contributed by atoms with Crippen LogP contribution in [0.4, 0.5) is 0 Å². The van der Waals surface area contributed by atoms with Crippen LogP contribution in [0.1, 0.15) is 19.7 Å². The first-order valence-electron chi connectivity index (χ1n) is 7.59. The van der Waals surface area contributed by atoms with Crippen LogP contribution in [0.3, 0.4) is 0 Å². The summed E-state index contributed by atoms with van der Waals surface area (Å²) in [7, 11) is 0. The van der Waals surface area contributed by atoms with Crippen molar-refractivity contribution in [1.82, 2.24) is 25.2 Å². The van der Waals surface area contributed by atoms with E-state index in [2.05, 4.69) is 39.7 Å². The number of nitrogens with one attached hydrogen (secondary N) is 2. The Morgan fingerprint density at radius 3 is 2.95 bits per heavy atom. The largest absolute Gasteiger partial charge is 0.380 e. The Morgan fingerprint density at radius 2 is 2.23 bits per heavy atom. The Bertz CT molecular complexity index is 661. The van der Waals surface area contributed by atoms with E-state index in [4.69, 9.17) is 4.74 Å². The Hall–Kier alpha value is -2.15. The van der Waals surface area contributed by atoms with Gasteiger partial charge in [0, 0.05) is 24.7 Å². The van der Waals surface area contributed by atoms with Gasteiger partial charge in [0.2, 0.25) is 0 Å². The first kappa shape index (κ1) is 14.8. The maximum atomic E-state index is 5.28. The quantitative estimate of drug-likeness (QED) is 0.632.